The van der Waals surface area contributed by atoms with Crippen molar-refractivity contribution in [3.63, 3.8) is 0 Å². The molecule has 1 aromatic carbocycles. The van der Waals surface area contributed by atoms with Crippen molar-refractivity contribution < 1.29 is 9.47 Å². The number of halogens is 1. The molecule has 1 atom stereocenters. The fourth-order valence-corrected chi connectivity index (χ4v) is 2.71. The molecule has 1 aromatic rings. The zero-order chi connectivity index (χ0) is 11.0. The zero-order valence-corrected chi connectivity index (χ0v) is 9.87. The van der Waals surface area contributed by atoms with Gasteiger partial charge in [0.2, 0.25) is 0 Å². The lowest BCUT2D eigenvalue weighted by Crippen LogP contribution is -2.16. The smallest absolute Gasteiger partial charge is 0.161 e. The molecule has 3 heteroatoms. The van der Waals surface area contributed by atoms with Gasteiger partial charge in [-0.2, -0.15) is 0 Å². The molecule has 1 aliphatic heterocycles. The second kappa shape index (κ2) is 4.17. The topological polar surface area (TPSA) is 18.5 Å². The predicted molar refractivity (Wildman–Crippen MR) is 63.6 cm³/mol. The Balaban J connectivity index is 1.89. The third kappa shape index (κ3) is 1.86. The molecule has 86 valence electrons. The first-order valence-corrected chi connectivity index (χ1v) is 6.37. The SMILES string of the molecule is ClCC(c1ccc2c(c1)OCCO2)C1CC1. The van der Waals surface area contributed by atoms with E-state index in [1.807, 2.05) is 6.07 Å². The quantitative estimate of drug-likeness (QED) is 0.753. The van der Waals surface area contributed by atoms with E-state index in [0.717, 1.165) is 17.4 Å². The van der Waals surface area contributed by atoms with Crippen molar-refractivity contribution in [1.29, 1.82) is 0 Å². The summed E-state index contributed by atoms with van der Waals surface area (Å²) in [6, 6.07) is 6.23. The molecular weight excluding hydrogens is 224 g/mol. The van der Waals surface area contributed by atoms with E-state index < -0.39 is 0 Å². The number of benzene rings is 1. The first-order chi connectivity index (χ1) is 7.88. The van der Waals surface area contributed by atoms with Crippen LogP contribution in [0.4, 0.5) is 0 Å². The van der Waals surface area contributed by atoms with Crippen LogP contribution in [0, 0.1) is 5.92 Å². The Labute approximate surface area is 101 Å². The van der Waals surface area contributed by atoms with Crippen molar-refractivity contribution in [2.45, 2.75) is 18.8 Å². The minimum absolute atomic E-state index is 0.484. The van der Waals surface area contributed by atoms with Gasteiger partial charge in [-0.1, -0.05) is 6.07 Å². The zero-order valence-electron chi connectivity index (χ0n) is 9.12. The summed E-state index contributed by atoms with van der Waals surface area (Å²) in [7, 11) is 0. The average Bonchev–Trinajstić information content (AvgIpc) is 3.14. The monoisotopic (exact) mass is 238 g/mol. The van der Waals surface area contributed by atoms with Crippen LogP contribution < -0.4 is 9.47 Å². The van der Waals surface area contributed by atoms with Crippen LogP contribution in [0.2, 0.25) is 0 Å². The normalized spacial score (nSPS) is 20.6. The molecule has 1 fully saturated rings. The molecule has 0 N–H and O–H groups in total. The van der Waals surface area contributed by atoms with Crippen molar-refractivity contribution in [3.05, 3.63) is 23.8 Å². The summed E-state index contributed by atoms with van der Waals surface area (Å²) in [5, 5.41) is 0. The molecule has 0 bridgehead atoms. The summed E-state index contributed by atoms with van der Waals surface area (Å²) in [5.74, 6) is 3.70. The van der Waals surface area contributed by atoms with Crippen molar-refractivity contribution in [2.24, 2.45) is 5.92 Å². The van der Waals surface area contributed by atoms with Gasteiger partial charge in [0, 0.05) is 11.8 Å². The Morgan fingerprint density at radius 1 is 1.19 bits per heavy atom. The largest absolute Gasteiger partial charge is 0.486 e. The summed E-state index contributed by atoms with van der Waals surface area (Å²) in [5.41, 5.74) is 1.29. The van der Waals surface area contributed by atoms with Gasteiger partial charge in [0.05, 0.1) is 0 Å². The van der Waals surface area contributed by atoms with Gasteiger partial charge in [-0.3, -0.25) is 0 Å². The van der Waals surface area contributed by atoms with Gasteiger partial charge in [-0.25, -0.2) is 0 Å². The van der Waals surface area contributed by atoms with E-state index >= 15 is 0 Å². The van der Waals surface area contributed by atoms with Gasteiger partial charge in [-0.15, -0.1) is 11.6 Å². The highest BCUT2D eigenvalue weighted by Crippen LogP contribution is 2.45. The summed E-state index contributed by atoms with van der Waals surface area (Å²) in [4.78, 5) is 0. The minimum atomic E-state index is 0.484. The number of hydrogen-bond donors (Lipinski definition) is 0. The Morgan fingerprint density at radius 3 is 2.62 bits per heavy atom. The molecule has 16 heavy (non-hydrogen) atoms. The number of hydrogen-bond acceptors (Lipinski definition) is 2. The first-order valence-electron chi connectivity index (χ1n) is 5.84. The molecule has 3 rings (SSSR count). The maximum absolute atomic E-state index is 6.05. The highest BCUT2D eigenvalue weighted by Gasteiger charge is 2.32. The maximum atomic E-state index is 6.05. The molecule has 1 heterocycles. The van der Waals surface area contributed by atoms with Crippen molar-refractivity contribution >= 4 is 11.6 Å². The molecule has 0 amide bonds. The third-order valence-corrected chi connectivity index (χ3v) is 3.68. The summed E-state index contributed by atoms with van der Waals surface area (Å²) in [6.45, 7) is 1.29. The van der Waals surface area contributed by atoms with Crippen LogP contribution >= 0.6 is 11.6 Å². The van der Waals surface area contributed by atoms with Crippen molar-refractivity contribution in [1.82, 2.24) is 0 Å². The summed E-state index contributed by atoms with van der Waals surface area (Å²) < 4.78 is 11.1. The molecule has 0 spiro atoms. The molecule has 1 unspecified atom stereocenters. The van der Waals surface area contributed by atoms with E-state index in [1.54, 1.807) is 0 Å². The summed E-state index contributed by atoms with van der Waals surface area (Å²) in [6.07, 6.45) is 2.62. The highest BCUT2D eigenvalue weighted by atomic mass is 35.5. The number of rotatable bonds is 3. The van der Waals surface area contributed by atoms with Gasteiger partial charge in [0.15, 0.2) is 11.5 Å². The van der Waals surface area contributed by atoms with E-state index in [1.165, 1.54) is 18.4 Å². The fraction of sp³-hybridized carbons (Fsp3) is 0.538. The third-order valence-electron chi connectivity index (χ3n) is 3.35. The van der Waals surface area contributed by atoms with Gasteiger partial charge in [-0.05, 0) is 36.5 Å². The molecule has 0 aromatic heterocycles. The van der Waals surface area contributed by atoms with Crippen LogP contribution in [-0.2, 0) is 0 Å². The van der Waals surface area contributed by atoms with Crippen LogP contribution in [0.25, 0.3) is 0 Å². The van der Waals surface area contributed by atoms with Gasteiger partial charge in [0.1, 0.15) is 13.2 Å². The van der Waals surface area contributed by atoms with Gasteiger partial charge >= 0.3 is 0 Å². The van der Waals surface area contributed by atoms with Crippen molar-refractivity contribution in [2.75, 3.05) is 19.1 Å². The van der Waals surface area contributed by atoms with E-state index in [4.69, 9.17) is 21.1 Å². The first kappa shape index (κ1) is 10.3. The second-order valence-electron chi connectivity index (χ2n) is 4.50. The van der Waals surface area contributed by atoms with E-state index in [-0.39, 0.29) is 0 Å². The summed E-state index contributed by atoms with van der Waals surface area (Å²) >= 11 is 6.05. The lowest BCUT2D eigenvalue weighted by Gasteiger charge is -2.21. The van der Waals surface area contributed by atoms with Crippen LogP contribution in [0.15, 0.2) is 18.2 Å². The standard InChI is InChI=1S/C13H15ClO2/c14-8-11(9-1-2-9)10-3-4-12-13(7-10)16-6-5-15-12/h3-4,7,9,11H,1-2,5-6,8H2. The number of ether oxygens (including phenoxy) is 2. The molecule has 2 nitrogen and oxygen atoms in total. The molecule has 2 aliphatic rings. The molecular formula is C13H15ClO2. The van der Waals surface area contributed by atoms with Crippen LogP contribution in [0.3, 0.4) is 0 Å². The van der Waals surface area contributed by atoms with E-state index in [2.05, 4.69) is 12.1 Å². The van der Waals surface area contributed by atoms with Crippen molar-refractivity contribution in [3.8, 4) is 11.5 Å². The van der Waals surface area contributed by atoms with Crippen LogP contribution in [0.5, 0.6) is 11.5 Å². The van der Waals surface area contributed by atoms with Gasteiger partial charge in [0.25, 0.3) is 0 Å². The minimum Gasteiger partial charge on any atom is -0.486 e. The molecule has 1 aliphatic carbocycles. The van der Waals surface area contributed by atoms with E-state index in [0.29, 0.717) is 25.0 Å². The maximum Gasteiger partial charge on any atom is 0.161 e. The number of alkyl halides is 1. The Hall–Kier alpha value is -0.890. The predicted octanol–water partition coefficient (Wildman–Crippen LogP) is 3.19. The van der Waals surface area contributed by atoms with Crippen LogP contribution in [-0.4, -0.2) is 19.1 Å². The lowest BCUT2D eigenvalue weighted by atomic mass is 9.96. The average molecular weight is 239 g/mol. The number of fused-ring (bicyclic) bond motifs is 1. The van der Waals surface area contributed by atoms with Gasteiger partial charge < -0.3 is 9.47 Å². The highest BCUT2D eigenvalue weighted by molar-refractivity contribution is 6.18. The van der Waals surface area contributed by atoms with Crippen LogP contribution in [0.1, 0.15) is 24.3 Å². The fourth-order valence-electron chi connectivity index (χ4n) is 2.28. The second-order valence-corrected chi connectivity index (χ2v) is 4.81. The molecule has 1 saturated carbocycles. The lowest BCUT2D eigenvalue weighted by molar-refractivity contribution is 0.171. The molecule has 0 saturated heterocycles. The Bertz CT molecular complexity index is 388. The van der Waals surface area contributed by atoms with E-state index in [9.17, 15) is 0 Å². The Kier molecular flexibility index (Phi) is 2.68. The molecule has 0 radical (unpaired) electrons. The Morgan fingerprint density at radius 2 is 1.94 bits per heavy atom.